The molecule has 432 valence electrons. The number of hydrogen-bond donors (Lipinski definition) is 3. The third-order valence-corrected chi connectivity index (χ3v) is 15.5. The number of aliphatic hydroxyl groups excluding tert-OH is 2. The molecule has 2 atom stereocenters. The van der Waals surface area contributed by atoms with Gasteiger partial charge in [0.05, 0.1) is 25.4 Å². The second kappa shape index (κ2) is 62.9. The van der Waals surface area contributed by atoms with Crippen molar-refractivity contribution in [3.05, 3.63) is 24.3 Å². The average Bonchev–Trinajstić information content (AvgIpc) is 3.39. The van der Waals surface area contributed by atoms with Crippen molar-refractivity contribution < 1.29 is 24.5 Å². The molecule has 0 saturated heterocycles. The Kier molecular flexibility index (Phi) is 61.4. The van der Waals surface area contributed by atoms with E-state index in [-0.39, 0.29) is 18.5 Å². The summed E-state index contributed by atoms with van der Waals surface area (Å²) in [5.41, 5.74) is 0. The fourth-order valence-corrected chi connectivity index (χ4v) is 10.4. The number of allylic oxidation sites excluding steroid dienone is 4. The molecule has 0 aliphatic carbocycles. The number of nitrogens with one attached hydrogen (secondary N) is 1. The van der Waals surface area contributed by atoms with Crippen LogP contribution in [0.5, 0.6) is 0 Å². The Hall–Kier alpha value is -1.66. The molecule has 1 amide bonds. The van der Waals surface area contributed by atoms with E-state index in [9.17, 15) is 19.8 Å². The Labute approximate surface area is 456 Å². The van der Waals surface area contributed by atoms with Crippen LogP contribution >= 0.6 is 0 Å². The Morgan fingerprint density at radius 2 is 0.699 bits per heavy atom. The number of ether oxygens (including phenoxy) is 1. The van der Waals surface area contributed by atoms with Gasteiger partial charge in [0.2, 0.25) is 5.91 Å². The maximum atomic E-state index is 12.5. The summed E-state index contributed by atoms with van der Waals surface area (Å²) in [7, 11) is 0. The second-order valence-electron chi connectivity index (χ2n) is 22.8. The zero-order valence-electron chi connectivity index (χ0n) is 49.4. The zero-order valence-corrected chi connectivity index (χ0v) is 49.4. The quantitative estimate of drug-likeness (QED) is 0.0320. The summed E-state index contributed by atoms with van der Waals surface area (Å²) < 4.78 is 5.48. The minimum atomic E-state index is -0.664. The fourth-order valence-electron chi connectivity index (χ4n) is 10.4. The van der Waals surface area contributed by atoms with Crippen LogP contribution in [0.2, 0.25) is 0 Å². The van der Waals surface area contributed by atoms with Crippen molar-refractivity contribution in [3.63, 3.8) is 0 Å². The highest BCUT2D eigenvalue weighted by atomic mass is 16.5. The van der Waals surface area contributed by atoms with Crippen LogP contribution in [0, 0.1) is 0 Å². The van der Waals surface area contributed by atoms with Gasteiger partial charge < -0.3 is 20.3 Å². The summed E-state index contributed by atoms with van der Waals surface area (Å²) in [6.45, 7) is 4.94. The van der Waals surface area contributed by atoms with E-state index in [0.717, 1.165) is 51.4 Å². The molecule has 73 heavy (non-hydrogen) atoms. The lowest BCUT2D eigenvalue weighted by atomic mass is 10.0. The van der Waals surface area contributed by atoms with Gasteiger partial charge in [0.15, 0.2) is 0 Å². The molecule has 0 rings (SSSR count). The van der Waals surface area contributed by atoms with Crippen LogP contribution in [-0.2, 0) is 14.3 Å². The molecular formula is C67H129NO5. The SMILES string of the molecule is CCCC/C=C\C/C=C\CCCCCCCC(=O)OCCCCCCCCCCCCCCCCCCCCCCCCCCC(=O)NC(CO)C(O)CCCCCCCCCCCCCCCCCCCC. The van der Waals surface area contributed by atoms with E-state index in [0.29, 0.717) is 25.9 Å². The van der Waals surface area contributed by atoms with Crippen LogP contribution in [0.4, 0.5) is 0 Å². The number of hydrogen-bond acceptors (Lipinski definition) is 5. The van der Waals surface area contributed by atoms with Gasteiger partial charge in [-0.3, -0.25) is 9.59 Å². The van der Waals surface area contributed by atoms with Gasteiger partial charge in [0.1, 0.15) is 0 Å². The third kappa shape index (κ3) is 59.4. The van der Waals surface area contributed by atoms with Crippen LogP contribution in [0.1, 0.15) is 367 Å². The number of rotatable bonds is 62. The molecule has 6 heteroatoms. The highest BCUT2D eigenvalue weighted by molar-refractivity contribution is 5.76. The minimum absolute atomic E-state index is 0.00140. The second-order valence-corrected chi connectivity index (χ2v) is 22.8. The molecule has 0 radical (unpaired) electrons. The van der Waals surface area contributed by atoms with Gasteiger partial charge in [-0.2, -0.15) is 0 Å². The predicted molar refractivity (Wildman–Crippen MR) is 320 cm³/mol. The predicted octanol–water partition coefficient (Wildman–Crippen LogP) is 21.0. The first-order chi connectivity index (χ1) is 36.0. The fraction of sp³-hybridized carbons (Fsp3) is 0.910. The average molecular weight is 1030 g/mol. The smallest absolute Gasteiger partial charge is 0.305 e. The van der Waals surface area contributed by atoms with E-state index >= 15 is 0 Å². The number of carbonyl (C=O) groups is 2. The lowest BCUT2D eigenvalue weighted by molar-refractivity contribution is -0.143. The first kappa shape index (κ1) is 71.3. The number of aliphatic hydroxyl groups is 2. The molecule has 3 N–H and O–H groups in total. The van der Waals surface area contributed by atoms with Crippen molar-refractivity contribution in [2.75, 3.05) is 13.2 Å². The monoisotopic (exact) mass is 1030 g/mol. The highest BCUT2D eigenvalue weighted by Crippen LogP contribution is 2.19. The van der Waals surface area contributed by atoms with Gasteiger partial charge in [-0.15, -0.1) is 0 Å². The van der Waals surface area contributed by atoms with E-state index < -0.39 is 12.1 Å². The Morgan fingerprint density at radius 3 is 1.08 bits per heavy atom. The minimum Gasteiger partial charge on any atom is -0.466 e. The normalized spacial score (nSPS) is 12.7. The van der Waals surface area contributed by atoms with E-state index in [1.54, 1.807) is 0 Å². The zero-order chi connectivity index (χ0) is 52.9. The molecule has 0 heterocycles. The van der Waals surface area contributed by atoms with Gasteiger partial charge in [-0.25, -0.2) is 0 Å². The number of amides is 1. The molecule has 2 unspecified atom stereocenters. The van der Waals surface area contributed by atoms with Crippen molar-refractivity contribution in [2.24, 2.45) is 0 Å². The first-order valence-corrected chi connectivity index (χ1v) is 33.1. The van der Waals surface area contributed by atoms with E-state index in [1.165, 1.54) is 283 Å². The lowest BCUT2D eigenvalue weighted by Gasteiger charge is -2.22. The van der Waals surface area contributed by atoms with E-state index in [4.69, 9.17) is 4.74 Å². The van der Waals surface area contributed by atoms with Gasteiger partial charge in [0, 0.05) is 12.8 Å². The standard InChI is InChI=1S/C67H129NO5/c1-3-5-7-9-11-13-15-17-19-20-29-32-35-39-43-47-51-55-59-65(70)64(63-69)68-66(71)60-56-52-48-44-40-36-33-30-27-25-23-21-22-24-26-28-31-34-38-42-46-50-54-58-62-73-67(72)61-57-53-49-45-41-37-18-16-14-12-10-8-6-4-2/h10,12,16,18,64-65,69-70H,3-9,11,13-15,17,19-63H2,1-2H3,(H,68,71)/b12-10-,18-16-. The molecule has 0 fully saturated rings. The topological polar surface area (TPSA) is 95.9 Å². The van der Waals surface area contributed by atoms with Gasteiger partial charge in [-0.1, -0.05) is 327 Å². The van der Waals surface area contributed by atoms with Crippen LogP contribution in [0.15, 0.2) is 24.3 Å². The molecule has 0 aliphatic rings. The summed E-state index contributed by atoms with van der Waals surface area (Å²) in [4.78, 5) is 24.6. The van der Waals surface area contributed by atoms with Crippen molar-refractivity contribution in [3.8, 4) is 0 Å². The van der Waals surface area contributed by atoms with Crippen molar-refractivity contribution in [2.45, 2.75) is 379 Å². The highest BCUT2D eigenvalue weighted by Gasteiger charge is 2.20. The number of unbranched alkanes of at least 4 members (excludes halogenated alkanes) is 47. The number of esters is 1. The lowest BCUT2D eigenvalue weighted by Crippen LogP contribution is -2.45. The molecule has 0 aliphatic heterocycles. The van der Waals surface area contributed by atoms with E-state index in [2.05, 4.69) is 43.5 Å². The molecule has 0 aromatic heterocycles. The summed E-state index contributed by atoms with van der Waals surface area (Å²) in [5, 5.41) is 23.4. The molecule has 0 aromatic rings. The molecule has 0 saturated carbocycles. The van der Waals surface area contributed by atoms with Crippen LogP contribution in [0.3, 0.4) is 0 Å². The van der Waals surface area contributed by atoms with Crippen LogP contribution in [-0.4, -0.2) is 47.4 Å². The Balaban J connectivity index is 3.37. The molecule has 0 aromatic carbocycles. The molecule has 0 bridgehead atoms. The van der Waals surface area contributed by atoms with Crippen LogP contribution in [0.25, 0.3) is 0 Å². The summed E-state index contributed by atoms with van der Waals surface area (Å²) >= 11 is 0. The maximum absolute atomic E-state index is 12.5. The van der Waals surface area contributed by atoms with Gasteiger partial charge >= 0.3 is 5.97 Å². The van der Waals surface area contributed by atoms with Gasteiger partial charge in [-0.05, 0) is 51.4 Å². The summed E-state index contributed by atoms with van der Waals surface area (Å²) in [5.74, 6) is -0.0292. The summed E-state index contributed by atoms with van der Waals surface area (Å²) in [6.07, 6.45) is 77.7. The molecular weight excluding hydrogens is 899 g/mol. The number of carbonyl (C=O) groups excluding carboxylic acids is 2. The van der Waals surface area contributed by atoms with E-state index in [1.807, 2.05) is 0 Å². The molecule has 6 nitrogen and oxygen atoms in total. The van der Waals surface area contributed by atoms with Crippen molar-refractivity contribution in [1.29, 1.82) is 0 Å². The van der Waals surface area contributed by atoms with Crippen molar-refractivity contribution in [1.82, 2.24) is 5.32 Å². The first-order valence-electron chi connectivity index (χ1n) is 33.1. The third-order valence-electron chi connectivity index (χ3n) is 15.5. The Bertz CT molecular complexity index is 1140. The molecule has 0 spiro atoms. The largest absolute Gasteiger partial charge is 0.466 e. The summed E-state index contributed by atoms with van der Waals surface area (Å²) in [6, 6.07) is -0.541. The Morgan fingerprint density at radius 1 is 0.384 bits per heavy atom. The van der Waals surface area contributed by atoms with Gasteiger partial charge in [0.25, 0.3) is 0 Å². The van der Waals surface area contributed by atoms with Crippen LogP contribution < -0.4 is 5.32 Å². The maximum Gasteiger partial charge on any atom is 0.305 e. The van der Waals surface area contributed by atoms with Crippen molar-refractivity contribution >= 4 is 11.9 Å².